The van der Waals surface area contributed by atoms with Gasteiger partial charge < -0.3 is 9.73 Å². The van der Waals surface area contributed by atoms with Gasteiger partial charge in [0.15, 0.2) is 12.0 Å². The van der Waals surface area contributed by atoms with Crippen molar-refractivity contribution in [3.8, 4) is 0 Å². The minimum absolute atomic E-state index is 0.159. The van der Waals surface area contributed by atoms with Crippen molar-refractivity contribution in [2.24, 2.45) is 0 Å². The maximum absolute atomic E-state index is 11.1. The Hall–Kier alpha value is -1.58. The Bertz CT molecular complexity index is 340. The van der Waals surface area contributed by atoms with E-state index in [9.17, 15) is 9.59 Å². The Balaban J connectivity index is 2.50. The fourth-order valence-electron chi connectivity index (χ4n) is 1.27. The van der Waals surface area contributed by atoms with E-state index in [-0.39, 0.29) is 11.7 Å². The van der Waals surface area contributed by atoms with Crippen LogP contribution in [0.3, 0.4) is 0 Å². The molecule has 1 aliphatic heterocycles. The topological polar surface area (TPSA) is 59.3 Å². The molecule has 1 aromatic heterocycles. The van der Waals surface area contributed by atoms with Crippen LogP contribution in [-0.2, 0) is 6.42 Å². The Morgan fingerprint density at radius 1 is 1.58 bits per heavy atom. The maximum atomic E-state index is 11.1. The highest BCUT2D eigenvalue weighted by Gasteiger charge is 2.21. The number of nitrogens with one attached hydrogen (secondary N) is 1. The Kier molecular flexibility index (Phi) is 1.46. The van der Waals surface area contributed by atoms with Gasteiger partial charge >= 0.3 is 0 Å². The summed E-state index contributed by atoms with van der Waals surface area (Å²) in [5.41, 5.74) is 0.489. The smallest absolute Gasteiger partial charge is 0.254 e. The third-order valence-electron chi connectivity index (χ3n) is 1.83. The van der Waals surface area contributed by atoms with Crippen molar-refractivity contribution in [2.75, 3.05) is 6.54 Å². The van der Waals surface area contributed by atoms with Crippen LogP contribution in [0.15, 0.2) is 10.5 Å². The van der Waals surface area contributed by atoms with Crippen molar-refractivity contribution in [3.63, 3.8) is 0 Å². The van der Waals surface area contributed by atoms with Crippen LogP contribution in [0, 0.1) is 0 Å². The van der Waals surface area contributed by atoms with Crippen LogP contribution in [0.4, 0.5) is 0 Å². The van der Waals surface area contributed by atoms with Gasteiger partial charge in [0.05, 0.1) is 5.56 Å². The fourth-order valence-corrected chi connectivity index (χ4v) is 1.27. The number of rotatable bonds is 1. The molecule has 1 N–H and O–H groups in total. The normalized spacial score (nSPS) is 15.2. The van der Waals surface area contributed by atoms with E-state index in [1.54, 1.807) is 0 Å². The van der Waals surface area contributed by atoms with Gasteiger partial charge in [-0.05, 0) is 0 Å². The number of carbonyl (C=O) groups excluding carboxylic acids is 2. The highest BCUT2D eigenvalue weighted by Crippen LogP contribution is 2.17. The van der Waals surface area contributed by atoms with Crippen molar-refractivity contribution < 1.29 is 14.0 Å². The summed E-state index contributed by atoms with van der Waals surface area (Å²) in [5.74, 6) is 0.672. The first-order valence-electron chi connectivity index (χ1n) is 3.67. The van der Waals surface area contributed by atoms with E-state index in [4.69, 9.17) is 4.42 Å². The summed E-state index contributed by atoms with van der Waals surface area (Å²) in [6.45, 7) is 0.581. The molecule has 2 heterocycles. The van der Waals surface area contributed by atoms with Gasteiger partial charge in [0.1, 0.15) is 5.76 Å². The molecular formula is C8H7NO3. The molecule has 0 atom stereocenters. The molecule has 0 spiro atoms. The molecule has 0 radical (unpaired) electrons. The second kappa shape index (κ2) is 2.48. The second-order valence-electron chi connectivity index (χ2n) is 2.61. The van der Waals surface area contributed by atoms with Crippen LogP contribution in [0.25, 0.3) is 0 Å². The molecule has 0 saturated carbocycles. The average molecular weight is 165 g/mol. The molecule has 12 heavy (non-hydrogen) atoms. The zero-order valence-corrected chi connectivity index (χ0v) is 6.29. The lowest BCUT2D eigenvalue weighted by Crippen LogP contribution is -2.30. The second-order valence-corrected chi connectivity index (χ2v) is 2.61. The number of hydrogen-bond donors (Lipinski definition) is 1. The highest BCUT2D eigenvalue weighted by molar-refractivity contribution is 5.97. The van der Waals surface area contributed by atoms with Crippen molar-refractivity contribution in [1.82, 2.24) is 5.32 Å². The molecule has 2 rings (SSSR count). The van der Waals surface area contributed by atoms with Gasteiger partial charge in [-0.1, -0.05) is 0 Å². The van der Waals surface area contributed by atoms with Crippen molar-refractivity contribution >= 4 is 12.2 Å². The fraction of sp³-hybridized carbons (Fsp3) is 0.250. The molecule has 1 aromatic rings. The number of amides is 1. The summed E-state index contributed by atoms with van der Waals surface area (Å²) in [4.78, 5) is 21.4. The van der Waals surface area contributed by atoms with E-state index in [1.165, 1.54) is 6.07 Å². The first-order valence-corrected chi connectivity index (χ1v) is 3.67. The molecular weight excluding hydrogens is 158 g/mol. The zero-order chi connectivity index (χ0) is 8.55. The molecule has 0 fully saturated rings. The van der Waals surface area contributed by atoms with Gasteiger partial charge in [-0.3, -0.25) is 9.59 Å². The minimum Gasteiger partial charge on any atom is -0.457 e. The number of hydrogen-bond acceptors (Lipinski definition) is 3. The summed E-state index contributed by atoms with van der Waals surface area (Å²) in [7, 11) is 0. The molecule has 0 saturated heterocycles. The maximum Gasteiger partial charge on any atom is 0.254 e. The first kappa shape index (κ1) is 7.09. The van der Waals surface area contributed by atoms with Gasteiger partial charge in [0.2, 0.25) is 0 Å². The van der Waals surface area contributed by atoms with Crippen molar-refractivity contribution in [1.29, 1.82) is 0 Å². The first-order chi connectivity index (χ1) is 5.81. The van der Waals surface area contributed by atoms with E-state index in [2.05, 4.69) is 5.32 Å². The Morgan fingerprint density at radius 3 is 3.08 bits per heavy atom. The van der Waals surface area contributed by atoms with Crippen molar-refractivity contribution in [2.45, 2.75) is 6.42 Å². The molecule has 62 valence electrons. The highest BCUT2D eigenvalue weighted by atomic mass is 16.3. The standard InChI is InChI=1S/C8H7NO3/c10-4-5-3-6-7(12-5)1-2-9-8(6)11/h3-4H,1-2H2,(H,9,11). The quantitative estimate of drug-likeness (QED) is 0.612. The molecule has 0 aliphatic carbocycles. The SMILES string of the molecule is O=Cc1cc2c(o1)CCNC2=O. The van der Waals surface area contributed by atoms with Gasteiger partial charge in [0.25, 0.3) is 5.91 Å². The third-order valence-corrected chi connectivity index (χ3v) is 1.83. The predicted molar refractivity (Wildman–Crippen MR) is 40.1 cm³/mol. The van der Waals surface area contributed by atoms with Crippen LogP contribution in [0.5, 0.6) is 0 Å². The zero-order valence-electron chi connectivity index (χ0n) is 6.29. The van der Waals surface area contributed by atoms with Crippen LogP contribution >= 0.6 is 0 Å². The summed E-state index contributed by atoms with van der Waals surface area (Å²) < 4.78 is 5.10. The lowest BCUT2D eigenvalue weighted by Gasteiger charge is -2.09. The van der Waals surface area contributed by atoms with E-state index in [1.807, 2.05) is 0 Å². The molecule has 0 unspecified atom stereocenters. The average Bonchev–Trinajstić information content (AvgIpc) is 2.49. The number of aldehydes is 1. The monoisotopic (exact) mass is 165 g/mol. The van der Waals surface area contributed by atoms with E-state index < -0.39 is 0 Å². The molecule has 4 nitrogen and oxygen atoms in total. The molecule has 0 bridgehead atoms. The molecule has 1 aliphatic rings. The van der Waals surface area contributed by atoms with Crippen LogP contribution in [-0.4, -0.2) is 18.7 Å². The molecule has 1 amide bonds. The van der Waals surface area contributed by atoms with Gasteiger partial charge in [-0.15, -0.1) is 0 Å². The summed E-state index contributed by atoms with van der Waals surface area (Å²) >= 11 is 0. The van der Waals surface area contributed by atoms with E-state index in [0.717, 1.165) is 0 Å². The van der Waals surface area contributed by atoms with Gasteiger partial charge in [0, 0.05) is 19.0 Å². The number of furan rings is 1. The Labute approximate surface area is 68.6 Å². The summed E-state index contributed by atoms with van der Waals surface area (Å²) in [6, 6.07) is 1.47. The van der Waals surface area contributed by atoms with Crippen LogP contribution < -0.4 is 5.32 Å². The van der Waals surface area contributed by atoms with E-state index >= 15 is 0 Å². The Morgan fingerprint density at radius 2 is 2.42 bits per heavy atom. The van der Waals surface area contributed by atoms with Crippen LogP contribution in [0.2, 0.25) is 0 Å². The van der Waals surface area contributed by atoms with Gasteiger partial charge in [-0.25, -0.2) is 0 Å². The third kappa shape index (κ3) is 0.922. The van der Waals surface area contributed by atoms with E-state index in [0.29, 0.717) is 30.6 Å². The summed E-state index contributed by atoms with van der Waals surface area (Å²) in [6.07, 6.45) is 1.26. The lowest BCUT2D eigenvalue weighted by molar-refractivity contribution is 0.0941. The van der Waals surface area contributed by atoms with Crippen LogP contribution in [0.1, 0.15) is 26.7 Å². The summed E-state index contributed by atoms with van der Waals surface area (Å²) in [5, 5.41) is 2.66. The predicted octanol–water partition coefficient (Wildman–Crippen LogP) is 0.378. The number of fused-ring (bicyclic) bond motifs is 1. The largest absolute Gasteiger partial charge is 0.457 e. The molecule has 4 heteroatoms. The van der Waals surface area contributed by atoms with Crippen molar-refractivity contribution in [3.05, 3.63) is 23.2 Å². The molecule has 0 aromatic carbocycles. The lowest BCUT2D eigenvalue weighted by atomic mass is 10.1. The minimum atomic E-state index is -0.159. The number of carbonyl (C=O) groups is 2. The van der Waals surface area contributed by atoms with Gasteiger partial charge in [-0.2, -0.15) is 0 Å².